The van der Waals surface area contributed by atoms with Crippen LogP contribution in [0.5, 0.6) is 0 Å². The Labute approximate surface area is 75.9 Å². The normalized spacial score (nSPS) is 16.0. The standard InChI is InChI=1S/C11H19N/c1-6-9(3)8-12-11(5)10(4)7-2/h6,8,10H,1,7H2,2-5H3/b9-8-,12-11-. The van der Waals surface area contributed by atoms with Gasteiger partial charge in [-0.25, -0.2) is 0 Å². The minimum absolute atomic E-state index is 0.582. The predicted molar refractivity (Wildman–Crippen MR) is 56.5 cm³/mol. The first-order chi connectivity index (χ1) is 5.61. The van der Waals surface area contributed by atoms with E-state index in [-0.39, 0.29) is 0 Å². The molecule has 0 amide bonds. The van der Waals surface area contributed by atoms with Crippen LogP contribution in [0.15, 0.2) is 29.4 Å². The summed E-state index contributed by atoms with van der Waals surface area (Å²) in [4.78, 5) is 4.35. The van der Waals surface area contributed by atoms with Crippen molar-refractivity contribution in [2.75, 3.05) is 0 Å². The largest absolute Gasteiger partial charge is 0.265 e. The van der Waals surface area contributed by atoms with E-state index in [1.54, 1.807) is 0 Å². The topological polar surface area (TPSA) is 12.4 Å². The summed E-state index contributed by atoms with van der Waals surface area (Å²) in [5.41, 5.74) is 2.30. The lowest BCUT2D eigenvalue weighted by Crippen LogP contribution is -2.04. The van der Waals surface area contributed by atoms with Crippen LogP contribution in [0.2, 0.25) is 0 Å². The molecule has 68 valence electrons. The fraction of sp³-hybridized carbons (Fsp3) is 0.545. The summed E-state index contributed by atoms with van der Waals surface area (Å²) in [6.07, 6.45) is 4.83. The Morgan fingerprint density at radius 3 is 2.50 bits per heavy atom. The average Bonchev–Trinajstić information content (AvgIpc) is 2.11. The van der Waals surface area contributed by atoms with Crippen LogP contribution >= 0.6 is 0 Å². The summed E-state index contributed by atoms with van der Waals surface area (Å²) >= 11 is 0. The molecule has 0 N–H and O–H groups in total. The van der Waals surface area contributed by atoms with Crippen molar-refractivity contribution in [1.29, 1.82) is 0 Å². The maximum absolute atomic E-state index is 4.35. The van der Waals surface area contributed by atoms with Gasteiger partial charge in [-0.3, -0.25) is 4.99 Å². The van der Waals surface area contributed by atoms with Gasteiger partial charge in [-0.15, -0.1) is 0 Å². The molecule has 0 saturated heterocycles. The molecular formula is C11H19N. The minimum atomic E-state index is 0.582. The molecule has 1 atom stereocenters. The molecule has 0 heterocycles. The van der Waals surface area contributed by atoms with Gasteiger partial charge in [0.15, 0.2) is 0 Å². The van der Waals surface area contributed by atoms with Crippen molar-refractivity contribution in [1.82, 2.24) is 0 Å². The molecule has 0 aliphatic rings. The van der Waals surface area contributed by atoms with E-state index in [0.29, 0.717) is 5.92 Å². The Morgan fingerprint density at radius 1 is 1.50 bits per heavy atom. The molecule has 0 aliphatic carbocycles. The van der Waals surface area contributed by atoms with Crippen molar-refractivity contribution in [3.63, 3.8) is 0 Å². The fourth-order valence-corrected chi connectivity index (χ4v) is 0.679. The molecule has 0 bridgehead atoms. The smallest absolute Gasteiger partial charge is 0.0296 e. The summed E-state index contributed by atoms with van der Waals surface area (Å²) in [6, 6.07) is 0. The fourth-order valence-electron chi connectivity index (χ4n) is 0.679. The monoisotopic (exact) mass is 165 g/mol. The lowest BCUT2D eigenvalue weighted by Gasteiger charge is -2.05. The second-order valence-electron chi connectivity index (χ2n) is 3.16. The SMILES string of the molecule is C=C/C(C)=C\N=C(\C)C(C)CC. The Balaban J connectivity index is 4.26. The van der Waals surface area contributed by atoms with Gasteiger partial charge in [0.25, 0.3) is 0 Å². The lowest BCUT2D eigenvalue weighted by atomic mass is 10.0. The van der Waals surface area contributed by atoms with Crippen LogP contribution in [0.1, 0.15) is 34.1 Å². The molecule has 12 heavy (non-hydrogen) atoms. The predicted octanol–water partition coefficient (Wildman–Crippen LogP) is 3.58. The first-order valence-corrected chi connectivity index (χ1v) is 4.45. The van der Waals surface area contributed by atoms with Crippen LogP contribution in [-0.4, -0.2) is 5.71 Å². The molecule has 0 aliphatic heterocycles. The highest BCUT2D eigenvalue weighted by atomic mass is 14.7. The number of allylic oxidation sites excluding steroid dienone is 2. The van der Waals surface area contributed by atoms with E-state index >= 15 is 0 Å². The summed E-state index contributed by atoms with van der Waals surface area (Å²) in [5, 5.41) is 0. The van der Waals surface area contributed by atoms with Crippen molar-refractivity contribution in [3.8, 4) is 0 Å². The van der Waals surface area contributed by atoms with Crippen LogP contribution in [0.3, 0.4) is 0 Å². The van der Waals surface area contributed by atoms with Crippen LogP contribution in [0.25, 0.3) is 0 Å². The van der Waals surface area contributed by atoms with E-state index in [9.17, 15) is 0 Å². The van der Waals surface area contributed by atoms with Crippen molar-refractivity contribution in [3.05, 3.63) is 24.4 Å². The van der Waals surface area contributed by atoms with E-state index in [1.165, 1.54) is 5.71 Å². The Bertz CT molecular complexity index is 199. The van der Waals surface area contributed by atoms with Crippen LogP contribution < -0.4 is 0 Å². The molecule has 0 aromatic rings. The number of hydrogen-bond donors (Lipinski definition) is 0. The van der Waals surface area contributed by atoms with Gasteiger partial charge >= 0.3 is 0 Å². The van der Waals surface area contributed by atoms with Crippen molar-refractivity contribution >= 4 is 5.71 Å². The zero-order chi connectivity index (χ0) is 9.56. The van der Waals surface area contributed by atoms with Crippen molar-refractivity contribution < 1.29 is 0 Å². The maximum Gasteiger partial charge on any atom is 0.0296 e. The highest BCUT2D eigenvalue weighted by molar-refractivity contribution is 5.84. The Morgan fingerprint density at radius 2 is 2.08 bits per heavy atom. The summed E-state index contributed by atoms with van der Waals surface area (Å²) in [5.74, 6) is 0.582. The molecule has 0 aromatic heterocycles. The highest BCUT2D eigenvalue weighted by Crippen LogP contribution is 2.04. The number of hydrogen-bond acceptors (Lipinski definition) is 1. The Hall–Kier alpha value is -0.850. The zero-order valence-corrected chi connectivity index (χ0v) is 8.59. The molecular weight excluding hydrogens is 146 g/mol. The molecule has 1 heteroatoms. The highest BCUT2D eigenvalue weighted by Gasteiger charge is 2.00. The van der Waals surface area contributed by atoms with E-state index in [4.69, 9.17) is 0 Å². The molecule has 0 saturated carbocycles. The summed E-state index contributed by atoms with van der Waals surface area (Å²) in [6.45, 7) is 12.1. The first-order valence-electron chi connectivity index (χ1n) is 4.45. The summed E-state index contributed by atoms with van der Waals surface area (Å²) < 4.78 is 0. The van der Waals surface area contributed by atoms with Crippen molar-refractivity contribution in [2.45, 2.75) is 34.1 Å². The third-order valence-electron chi connectivity index (χ3n) is 2.12. The second kappa shape index (κ2) is 5.76. The molecule has 0 radical (unpaired) electrons. The van der Waals surface area contributed by atoms with Gasteiger partial charge in [-0.2, -0.15) is 0 Å². The lowest BCUT2D eigenvalue weighted by molar-refractivity contribution is 0.736. The third kappa shape index (κ3) is 4.12. The van der Waals surface area contributed by atoms with E-state index in [0.717, 1.165) is 12.0 Å². The van der Waals surface area contributed by atoms with Gasteiger partial charge in [0.2, 0.25) is 0 Å². The van der Waals surface area contributed by atoms with Gasteiger partial charge < -0.3 is 0 Å². The van der Waals surface area contributed by atoms with Gasteiger partial charge in [0.05, 0.1) is 0 Å². The van der Waals surface area contributed by atoms with E-state index < -0.39 is 0 Å². The third-order valence-corrected chi connectivity index (χ3v) is 2.12. The van der Waals surface area contributed by atoms with E-state index in [2.05, 4.69) is 32.3 Å². The maximum atomic E-state index is 4.35. The number of rotatable bonds is 4. The van der Waals surface area contributed by atoms with Crippen LogP contribution in [0, 0.1) is 5.92 Å². The minimum Gasteiger partial charge on any atom is -0.265 e. The zero-order valence-electron chi connectivity index (χ0n) is 8.59. The van der Waals surface area contributed by atoms with Crippen LogP contribution in [0.4, 0.5) is 0 Å². The van der Waals surface area contributed by atoms with E-state index in [1.807, 2.05) is 19.2 Å². The molecule has 0 aromatic carbocycles. The van der Waals surface area contributed by atoms with Gasteiger partial charge in [-0.1, -0.05) is 26.5 Å². The number of nitrogens with zero attached hydrogens (tertiary/aromatic N) is 1. The second-order valence-corrected chi connectivity index (χ2v) is 3.16. The molecule has 0 fully saturated rings. The molecule has 1 unspecified atom stereocenters. The summed E-state index contributed by atoms with van der Waals surface area (Å²) in [7, 11) is 0. The molecule has 0 spiro atoms. The number of aliphatic imine (C=N–C) groups is 1. The van der Waals surface area contributed by atoms with Gasteiger partial charge in [-0.05, 0) is 31.8 Å². The van der Waals surface area contributed by atoms with Crippen LogP contribution in [-0.2, 0) is 0 Å². The average molecular weight is 165 g/mol. The quantitative estimate of drug-likeness (QED) is 0.446. The van der Waals surface area contributed by atoms with Crippen molar-refractivity contribution in [2.24, 2.45) is 10.9 Å². The molecule has 0 rings (SSSR count). The van der Waals surface area contributed by atoms with Gasteiger partial charge in [0.1, 0.15) is 0 Å². The Kier molecular flexibility index (Phi) is 5.35. The molecule has 1 nitrogen and oxygen atoms in total. The first kappa shape index (κ1) is 11.2. The van der Waals surface area contributed by atoms with Gasteiger partial charge in [0, 0.05) is 11.9 Å².